The van der Waals surface area contributed by atoms with Crippen LogP contribution >= 0.6 is 0 Å². The summed E-state index contributed by atoms with van der Waals surface area (Å²) in [6.45, 7) is 3.75. The average Bonchev–Trinajstić information content (AvgIpc) is 2.47. The van der Waals surface area contributed by atoms with Crippen LogP contribution in [0, 0.1) is 0 Å². The van der Waals surface area contributed by atoms with Gasteiger partial charge in [-0.2, -0.15) is 5.10 Å². The van der Waals surface area contributed by atoms with Crippen LogP contribution in [0.15, 0.2) is 6.07 Å². The van der Waals surface area contributed by atoms with Crippen LogP contribution in [0.2, 0.25) is 0 Å². The second-order valence-electron chi connectivity index (χ2n) is 4.07. The minimum Gasteiger partial charge on any atom is -0.410 e. The number of alkyl halides is 2. The molecule has 7 heteroatoms. The average molecular weight is 233 g/mol. The van der Waals surface area contributed by atoms with E-state index in [0.29, 0.717) is 0 Å². The highest BCUT2D eigenvalue weighted by Gasteiger charge is 2.20. The molecule has 0 unspecified atom stereocenters. The highest BCUT2D eigenvalue weighted by atomic mass is 19.3. The van der Waals surface area contributed by atoms with E-state index in [9.17, 15) is 13.6 Å². The van der Waals surface area contributed by atoms with Gasteiger partial charge in [-0.1, -0.05) is 0 Å². The van der Waals surface area contributed by atoms with Gasteiger partial charge in [0.15, 0.2) is 0 Å². The predicted molar refractivity (Wildman–Crippen MR) is 52.1 cm³/mol. The Bertz CT molecular complexity index is 371. The minimum absolute atomic E-state index is 0.0381. The summed E-state index contributed by atoms with van der Waals surface area (Å²) in [5.74, 6) is -0.0381. The van der Waals surface area contributed by atoms with Crippen molar-refractivity contribution in [3.8, 4) is 5.88 Å². The molecular weight excluding hydrogens is 220 g/mol. The first-order valence-corrected chi connectivity index (χ1v) is 4.58. The highest BCUT2D eigenvalue weighted by molar-refractivity contribution is 5.43. The molecule has 0 saturated heterocycles. The van der Waals surface area contributed by atoms with Gasteiger partial charge in [-0.3, -0.25) is 4.79 Å². The smallest absolute Gasteiger partial charge is 0.299 e. The molecule has 5 nitrogen and oxygen atoms in total. The van der Waals surface area contributed by atoms with Crippen molar-refractivity contribution in [3.63, 3.8) is 0 Å². The molecule has 0 spiro atoms. The lowest BCUT2D eigenvalue weighted by Crippen LogP contribution is -2.37. The number of aromatic nitrogens is 2. The number of rotatable bonds is 5. The number of nitrogens with two attached hydrogens (primary N) is 1. The molecule has 1 aromatic rings. The summed E-state index contributed by atoms with van der Waals surface area (Å²) in [4.78, 5) is 10.2. The van der Waals surface area contributed by atoms with Gasteiger partial charge in [-0.15, -0.1) is 0 Å². The summed E-state index contributed by atoms with van der Waals surface area (Å²) in [6, 6.07) is 1.02. The lowest BCUT2D eigenvalue weighted by atomic mass is 10.1. The molecule has 90 valence electrons. The molecule has 1 aromatic heterocycles. The third kappa shape index (κ3) is 3.27. The van der Waals surface area contributed by atoms with Crippen LogP contribution in [0.25, 0.3) is 0 Å². The number of ether oxygens (including phenoxy) is 1. The summed E-state index contributed by atoms with van der Waals surface area (Å²) >= 11 is 0. The monoisotopic (exact) mass is 233 g/mol. The van der Waals surface area contributed by atoms with Crippen molar-refractivity contribution < 1.29 is 18.3 Å². The van der Waals surface area contributed by atoms with Gasteiger partial charge in [0, 0.05) is 11.6 Å². The van der Waals surface area contributed by atoms with E-state index in [2.05, 4.69) is 9.84 Å². The number of nitrogens with zero attached hydrogens (tertiary/aromatic N) is 2. The Morgan fingerprint density at radius 3 is 2.75 bits per heavy atom. The van der Waals surface area contributed by atoms with Gasteiger partial charge in [0.05, 0.1) is 6.54 Å². The highest BCUT2D eigenvalue weighted by Crippen LogP contribution is 2.23. The Kier molecular flexibility index (Phi) is 3.58. The van der Waals surface area contributed by atoms with Crippen molar-refractivity contribution in [2.75, 3.05) is 0 Å². The van der Waals surface area contributed by atoms with E-state index in [1.54, 1.807) is 13.8 Å². The van der Waals surface area contributed by atoms with E-state index in [-0.39, 0.29) is 18.9 Å². The van der Waals surface area contributed by atoms with E-state index < -0.39 is 17.7 Å². The molecule has 1 heterocycles. The molecule has 0 amide bonds. The van der Waals surface area contributed by atoms with Crippen molar-refractivity contribution in [1.82, 2.24) is 9.78 Å². The zero-order valence-corrected chi connectivity index (χ0v) is 8.98. The molecule has 0 atom stereocenters. The number of hydrogen-bond donors (Lipinski definition) is 1. The van der Waals surface area contributed by atoms with Crippen LogP contribution in [-0.4, -0.2) is 21.8 Å². The van der Waals surface area contributed by atoms with Gasteiger partial charge in [0.1, 0.15) is 5.69 Å². The van der Waals surface area contributed by atoms with Crippen molar-refractivity contribution >= 4 is 6.47 Å². The SMILES string of the molecule is CC(C)(N)Cn1nc(C(F)F)cc1OC=O. The molecule has 1 rings (SSSR count). The summed E-state index contributed by atoms with van der Waals surface area (Å²) in [5, 5.41) is 3.62. The Morgan fingerprint density at radius 2 is 2.31 bits per heavy atom. The summed E-state index contributed by atoms with van der Waals surface area (Å²) in [6.07, 6.45) is -2.71. The van der Waals surface area contributed by atoms with Gasteiger partial charge in [0.2, 0.25) is 5.88 Å². The second kappa shape index (κ2) is 4.56. The summed E-state index contributed by atoms with van der Waals surface area (Å²) in [7, 11) is 0. The largest absolute Gasteiger partial charge is 0.410 e. The molecule has 0 bridgehead atoms. The Balaban J connectivity index is 3.00. The maximum Gasteiger partial charge on any atom is 0.299 e. The topological polar surface area (TPSA) is 70.1 Å². The quantitative estimate of drug-likeness (QED) is 0.773. The van der Waals surface area contributed by atoms with Gasteiger partial charge in [-0.05, 0) is 13.8 Å². The van der Waals surface area contributed by atoms with E-state index in [1.807, 2.05) is 0 Å². The fourth-order valence-corrected chi connectivity index (χ4v) is 1.17. The molecule has 0 fully saturated rings. The lowest BCUT2D eigenvalue weighted by Gasteiger charge is -2.18. The van der Waals surface area contributed by atoms with Crippen LogP contribution < -0.4 is 10.5 Å². The zero-order valence-electron chi connectivity index (χ0n) is 8.98. The summed E-state index contributed by atoms with van der Waals surface area (Å²) < 4.78 is 30.5. The van der Waals surface area contributed by atoms with Gasteiger partial charge >= 0.3 is 0 Å². The zero-order chi connectivity index (χ0) is 12.3. The minimum atomic E-state index is -2.71. The standard InChI is InChI=1S/C9H13F2N3O2/c1-9(2,12)4-14-7(16-5-15)3-6(13-14)8(10)11/h3,5,8H,4,12H2,1-2H3. The van der Waals surface area contributed by atoms with E-state index >= 15 is 0 Å². The first-order valence-electron chi connectivity index (χ1n) is 4.58. The molecule has 16 heavy (non-hydrogen) atoms. The number of carbonyl (C=O) groups is 1. The van der Waals surface area contributed by atoms with Crippen LogP contribution in [-0.2, 0) is 11.3 Å². The van der Waals surface area contributed by atoms with Crippen LogP contribution in [0.4, 0.5) is 8.78 Å². The molecule has 0 aliphatic heterocycles. The third-order valence-corrected chi connectivity index (χ3v) is 1.71. The van der Waals surface area contributed by atoms with E-state index in [1.165, 1.54) is 0 Å². The van der Waals surface area contributed by atoms with E-state index in [0.717, 1.165) is 10.7 Å². The van der Waals surface area contributed by atoms with Crippen LogP contribution in [0.1, 0.15) is 26.0 Å². The lowest BCUT2D eigenvalue weighted by molar-refractivity contribution is -0.121. The molecule has 0 aliphatic carbocycles. The van der Waals surface area contributed by atoms with Gasteiger partial charge < -0.3 is 10.5 Å². The first kappa shape index (κ1) is 12.6. The summed E-state index contributed by atoms with van der Waals surface area (Å²) in [5.41, 5.74) is 4.64. The number of carbonyl (C=O) groups excluding carboxylic acids is 1. The maximum atomic E-state index is 12.4. The van der Waals surface area contributed by atoms with Crippen LogP contribution in [0.3, 0.4) is 0 Å². The van der Waals surface area contributed by atoms with Crippen molar-refractivity contribution in [3.05, 3.63) is 11.8 Å². The van der Waals surface area contributed by atoms with Gasteiger partial charge in [-0.25, -0.2) is 13.5 Å². The molecule has 0 radical (unpaired) electrons. The molecule has 2 N–H and O–H groups in total. The predicted octanol–water partition coefficient (Wildman–Crippen LogP) is 1.09. The fourth-order valence-electron chi connectivity index (χ4n) is 1.17. The van der Waals surface area contributed by atoms with Crippen LogP contribution in [0.5, 0.6) is 5.88 Å². The maximum absolute atomic E-state index is 12.4. The normalized spacial score (nSPS) is 11.9. The molecule has 0 aromatic carbocycles. The third-order valence-electron chi connectivity index (χ3n) is 1.71. The fraction of sp³-hybridized carbons (Fsp3) is 0.556. The second-order valence-corrected chi connectivity index (χ2v) is 4.07. The number of hydrogen-bond acceptors (Lipinski definition) is 4. The molecule has 0 saturated carbocycles. The first-order chi connectivity index (χ1) is 7.33. The Hall–Kier alpha value is -1.50. The van der Waals surface area contributed by atoms with Crippen molar-refractivity contribution in [1.29, 1.82) is 0 Å². The Morgan fingerprint density at radius 1 is 1.69 bits per heavy atom. The van der Waals surface area contributed by atoms with Crippen molar-refractivity contribution in [2.45, 2.75) is 32.4 Å². The molecule has 0 aliphatic rings. The Labute approximate surface area is 91.2 Å². The van der Waals surface area contributed by atoms with Crippen molar-refractivity contribution in [2.24, 2.45) is 5.73 Å². The van der Waals surface area contributed by atoms with Gasteiger partial charge in [0.25, 0.3) is 12.9 Å². The molecular formula is C9H13F2N3O2. The number of halogens is 2. The van der Waals surface area contributed by atoms with E-state index in [4.69, 9.17) is 5.73 Å².